The highest BCUT2D eigenvalue weighted by molar-refractivity contribution is 7.90. The maximum Gasteiger partial charge on any atom is 0.254 e. The minimum atomic E-state index is -3.29. The molecule has 28 heavy (non-hydrogen) atoms. The van der Waals surface area contributed by atoms with Crippen LogP contribution in [0.2, 0.25) is 0 Å². The SMILES string of the molecule is CS(=O)(=O)c1cccc(-c2cccc3c(C(=O)N4CC=CCC4)cccc23)c1. The smallest absolute Gasteiger partial charge is 0.254 e. The van der Waals surface area contributed by atoms with E-state index in [4.69, 9.17) is 0 Å². The second-order valence-electron chi connectivity index (χ2n) is 7.02. The van der Waals surface area contributed by atoms with Crippen molar-refractivity contribution in [3.8, 4) is 11.1 Å². The van der Waals surface area contributed by atoms with Crippen molar-refractivity contribution in [2.75, 3.05) is 19.3 Å². The molecule has 0 atom stereocenters. The molecule has 1 aliphatic heterocycles. The van der Waals surface area contributed by atoms with Gasteiger partial charge in [-0.25, -0.2) is 8.42 Å². The van der Waals surface area contributed by atoms with E-state index in [0.29, 0.717) is 12.1 Å². The number of hydrogen-bond donors (Lipinski definition) is 0. The van der Waals surface area contributed by atoms with Gasteiger partial charge in [-0.2, -0.15) is 0 Å². The van der Waals surface area contributed by atoms with Crippen LogP contribution in [-0.2, 0) is 9.84 Å². The first-order valence-corrected chi connectivity index (χ1v) is 11.1. The van der Waals surface area contributed by atoms with Gasteiger partial charge in [0.05, 0.1) is 4.90 Å². The van der Waals surface area contributed by atoms with E-state index in [9.17, 15) is 13.2 Å². The lowest BCUT2D eigenvalue weighted by Gasteiger charge is -2.24. The Hall–Kier alpha value is -2.92. The molecule has 0 aromatic heterocycles. The number of fused-ring (bicyclic) bond motifs is 1. The molecule has 5 heteroatoms. The van der Waals surface area contributed by atoms with E-state index in [-0.39, 0.29) is 10.8 Å². The van der Waals surface area contributed by atoms with Crippen LogP contribution in [-0.4, -0.2) is 38.6 Å². The number of hydrogen-bond acceptors (Lipinski definition) is 3. The van der Waals surface area contributed by atoms with E-state index < -0.39 is 9.84 Å². The predicted octanol–water partition coefficient (Wildman–Crippen LogP) is 4.31. The average molecular weight is 391 g/mol. The lowest BCUT2D eigenvalue weighted by Crippen LogP contribution is -2.33. The number of sulfone groups is 1. The summed E-state index contributed by atoms with van der Waals surface area (Å²) in [6.07, 6.45) is 6.20. The molecule has 0 bridgehead atoms. The zero-order valence-corrected chi connectivity index (χ0v) is 16.4. The van der Waals surface area contributed by atoms with E-state index in [2.05, 4.69) is 6.08 Å². The van der Waals surface area contributed by atoms with Crippen LogP contribution in [0, 0.1) is 0 Å². The molecule has 0 saturated carbocycles. The number of benzene rings is 3. The predicted molar refractivity (Wildman–Crippen MR) is 112 cm³/mol. The van der Waals surface area contributed by atoms with Crippen LogP contribution in [0.5, 0.6) is 0 Å². The fraction of sp³-hybridized carbons (Fsp3) is 0.174. The number of rotatable bonds is 3. The quantitative estimate of drug-likeness (QED) is 0.625. The van der Waals surface area contributed by atoms with Gasteiger partial charge in [-0.1, -0.05) is 54.6 Å². The summed E-state index contributed by atoms with van der Waals surface area (Å²) in [7, 11) is -3.29. The molecule has 0 fully saturated rings. The zero-order valence-electron chi connectivity index (χ0n) is 15.6. The van der Waals surface area contributed by atoms with E-state index >= 15 is 0 Å². The topological polar surface area (TPSA) is 54.5 Å². The summed E-state index contributed by atoms with van der Waals surface area (Å²) >= 11 is 0. The van der Waals surface area contributed by atoms with Gasteiger partial charge in [-0.15, -0.1) is 0 Å². The van der Waals surface area contributed by atoms with E-state index in [0.717, 1.165) is 34.9 Å². The summed E-state index contributed by atoms with van der Waals surface area (Å²) in [6, 6.07) is 18.5. The van der Waals surface area contributed by atoms with E-state index in [1.807, 2.05) is 53.4 Å². The van der Waals surface area contributed by atoms with Crippen molar-refractivity contribution in [1.29, 1.82) is 0 Å². The Bertz CT molecular complexity index is 1200. The molecule has 1 amide bonds. The average Bonchev–Trinajstić information content (AvgIpc) is 2.72. The van der Waals surface area contributed by atoms with Gasteiger partial charge in [0.15, 0.2) is 9.84 Å². The summed E-state index contributed by atoms with van der Waals surface area (Å²) in [5, 5.41) is 1.82. The van der Waals surface area contributed by atoms with Gasteiger partial charge in [-0.3, -0.25) is 4.79 Å². The maximum atomic E-state index is 13.1. The lowest BCUT2D eigenvalue weighted by molar-refractivity contribution is 0.0773. The van der Waals surface area contributed by atoms with Crippen LogP contribution in [0.25, 0.3) is 21.9 Å². The van der Waals surface area contributed by atoms with Crippen molar-refractivity contribution in [3.63, 3.8) is 0 Å². The molecular formula is C23H21NO3S. The number of carbonyl (C=O) groups is 1. The summed E-state index contributed by atoms with van der Waals surface area (Å²) in [4.78, 5) is 15.2. The van der Waals surface area contributed by atoms with Crippen molar-refractivity contribution < 1.29 is 13.2 Å². The standard InChI is InChI=1S/C23H21NO3S/c1-28(26,27)18-9-5-8-17(16-18)19-10-6-12-21-20(19)11-7-13-22(21)23(25)24-14-3-2-4-15-24/h2-3,5-13,16H,4,14-15H2,1H3. The van der Waals surface area contributed by atoms with Gasteiger partial charge < -0.3 is 4.90 Å². The monoisotopic (exact) mass is 391 g/mol. The molecule has 1 heterocycles. The lowest BCUT2D eigenvalue weighted by atomic mass is 9.95. The molecule has 4 nitrogen and oxygen atoms in total. The molecular weight excluding hydrogens is 370 g/mol. The molecule has 3 aromatic rings. The maximum absolute atomic E-state index is 13.1. The fourth-order valence-corrected chi connectivity index (χ4v) is 4.31. The molecule has 4 rings (SSSR count). The number of nitrogens with zero attached hydrogens (tertiary/aromatic N) is 1. The second kappa shape index (κ2) is 7.24. The number of amides is 1. The Morgan fingerprint density at radius 3 is 2.43 bits per heavy atom. The van der Waals surface area contributed by atoms with Crippen LogP contribution < -0.4 is 0 Å². The third-order valence-corrected chi connectivity index (χ3v) is 6.18. The summed E-state index contributed by atoms with van der Waals surface area (Å²) in [6.45, 7) is 1.35. The van der Waals surface area contributed by atoms with Gasteiger partial charge in [0, 0.05) is 24.9 Å². The molecule has 0 N–H and O–H groups in total. The van der Waals surface area contributed by atoms with Crippen molar-refractivity contribution in [3.05, 3.63) is 78.4 Å². The normalized spacial score (nSPS) is 14.4. The van der Waals surface area contributed by atoms with Gasteiger partial charge in [0.25, 0.3) is 5.91 Å². The molecule has 0 unspecified atom stereocenters. The molecule has 3 aromatic carbocycles. The highest BCUT2D eigenvalue weighted by atomic mass is 32.2. The highest BCUT2D eigenvalue weighted by Gasteiger charge is 2.19. The fourth-order valence-electron chi connectivity index (χ4n) is 3.64. The molecule has 0 radical (unpaired) electrons. The Morgan fingerprint density at radius 2 is 1.68 bits per heavy atom. The van der Waals surface area contributed by atoms with Crippen LogP contribution >= 0.6 is 0 Å². The van der Waals surface area contributed by atoms with Gasteiger partial charge in [0.2, 0.25) is 0 Å². The summed E-state index contributed by atoms with van der Waals surface area (Å²) in [5.41, 5.74) is 2.41. The van der Waals surface area contributed by atoms with Crippen LogP contribution in [0.3, 0.4) is 0 Å². The molecule has 142 valence electrons. The first kappa shape index (κ1) is 18.4. The van der Waals surface area contributed by atoms with Gasteiger partial charge >= 0.3 is 0 Å². The van der Waals surface area contributed by atoms with Crippen molar-refractivity contribution in [2.45, 2.75) is 11.3 Å². The van der Waals surface area contributed by atoms with Gasteiger partial charge in [-0.05, 0) is 46.5 Å². The van der Waals surface area contributed by atoms with Crippen molar-refractivity contribution in [1.82, 2.24) is 4.90 Å². The van der Waals surface area contributed by atoms with Crippen molar-refractivity contribution >= 4 is 26.5 Å². The summed E-state index contributed by atoms with van der Waals surface area (Å²) in [5.74, 6) is 0.0250. The Labute approximate surface area is 165 Å². The zero-order chi connectivity index (χ0) is 19.7. The van der Waals surface area contributed by atoms with Crippen LogP contribution in [0.4, 0.5) is 0 Å². The molecule has 0 saturated heterocycles. The molecule has 0 spiro atoms. The molecule has 0 aliphatic carbocycles. The number of carbonyl (C=O) groups excluding carboxylic acids is 1. The minimum Gasteiger partial charge on any atom is -0.335 e. The molecule has 1 aliphatic rings. The Kier molecular flexibility index (Phi) is 4.77. The van der Waals surface area contributed by atoms with E-state index in [1.165, 1.54) is 6.26 Å². The largest absolute Gasteiger partial charge is 0.335 e. The highest BCUT2D eigenvalue weighted by Crippen LogP contribution is 2.32. The third-order valence-electron chi connectivity index (χ3n) is 5.07. The van der Waals surface area contributed by atoms with E-state index in [1.54, 1.807) is 18.2 Å². The first-order valence-electron chi connectivity index (χ1n) is 9.22. The van der Waals surface area contributed by atoms with Crippen molar-refractivity contribution in [2.24, 2.45) is 0 Å². The Morgan fingerprint density at radius 1 is 0.929 bits per heavy atom. The van der Waals surface area contributed by atoms with Crippen LogP contribution in [0.1, 0.15) is 16.8 Å². The van der Waals surface area contributed by atoms with Gasteiger partial charge in [0.1, 0.15) is 0 Å². The minimum absolute atomic E-state index is 0.0250. The Balaban J connectivity index is 1.84. The second-order valence-corrected chi connectivity index (χ2v) is 9.03. The van der Waals surface area contributed by atoms with Crippen LogP contribution in [0.15, 0.2) is 77.7 Å². The first-order chi connectivity index (χ1) is 13.4. The third kappa shape index (κ3) is 3.45. The summed E-state index contributed by atoms with van der Waals surface area (Å²) < 4.78 is 23.9.